The van der Waals surface area contributed by atoms with E-state index in [-0.39, 0.29) is 11.4 Å². The van der Waals surface area contributed by atoms with Crippen LogP contribution in [-0.4, -0.2) is 18.1 Å². The summed E-state index contributed by atoms with van der Waals surface area (Å²) in [6.07, 6.45) is 13.1. The molecular formula is C21H36O3. The summed E-state index contributed by atoms with van der Waals surface area (Å²) in [4.78, 5) is 10.2. The Morgan fingerprint density at radius 2 is 1.54 bits per heavy atom. The zero-order valence-electron chi connectivity index (χ0n) is 15.6. The highest BCUT2D eigenvalue weighted by Gasteiger charge is 1.93. The zero-order valence-corrected chi connectivity index (χ0v) is 15.6. The first-order valence-electron chi connectivity index (χ1n) is 9.07. The van der Waals surface area contributed by atoms with Crippen LogP contribution in [0.15, 0.2) is 43.0 Å². The molecule has 1 rings (SSSR count). The van der Waals surface area contributed by atoms with Crippen molar-refractivity contribution in [2.75, 3.05) is 6.61 Å². The summed E-state index contributed by atoms with van der Waals surface area (Å²) in [5, 5.41) is 0. The van der Waals surface area contributed by atoms with Crippen molar-refractivity contribution in [3.8, 4) is 0 Å². The number of esters is 1. The number of benzene rings is 1. The number of carbonyl (C=O) groups excluding carboxylic acids is 1. The lowest BCUT2D eigenvalue weighted by atomic mass is 10.0. The lowest BCUT2D eigenvalue weighted by Gasteiger charge is -2.01. The minimum atomic E-state index is -0.341. The van der Waals surface area contributed by atoms with Crippen molar-refractivity contribution < 1.29 is 15.0 Å². The van der Waals surface area contributed by atoms with Gasteiger partial charge in [-0.05, 0) is 24.8 Å². The third-order valence-electron chi connectivity index (χ3n) is 3.53. The van der Waals surface area contributed by atoms with E-state index in [0.29, 0.717) is 6.61 Å². The van der Waals surface area contributed by atoms with Gasteiger partial charge < -0.3 is 10.2 Å². The fourth-order valence-corrected chi connectivity index (χ4v) is 2.19. The highest BCUT2D eigenvalue weighted by atomic mass is 16.5. The molecule has 0 aliphatic carbocycles. The molecule has 2 N–H and O–H groups in total. The van der Waals surface area contributed by atoms with E-state index in [2.05, 4.69) is 48.6 Å². The summed E-state index contributed by atoms with van der Waals surface area (Å²) in [6, 6.07) is 10.8. The Kier molecular flexibility index (Phi) is 20.0. The Bertz CT molecular complexity index is 387. The van der Waals surface area contributed by atoms with Crippen LogP contribution in [0.5, 0.6) is 0 Å². The topological polar surface area (TPSA) is 57.8 Å². The molecule has 24 heavy (non-hydrogen) atoms. The largest absolute Gasteiger partial charge is 0.463 e. The lowest BCUT2D eigenvalue weighted by Crippen LogP contribution is -1.99. The molecule has 0 aliphatic heterocycles. The molecule has 0 amide bonds. The SMILES string of the molecule is C=CC(=O)OCCC.CCCCCCCCCc1ccccc1.O. The molecule has 1 aromatic carbocycles. The van der Waals surface area contributed by atoms with Crippen molar-refractivity contribution in [1.29, 1.82) is 0 Å². The molecule has 0 bridgehead atoms. The molecule has 3 nitrogen and oxygen atoms in total. The Morgan fingerprint density at radius 1 is 0.958 bits per heavy atom. The summed E-state index contributed by atoms with van der Waals surface area (Å²) in [5.74, 6) is -0.341. The number of aryl methyl sites for hydroxylation is 1. The molecule has 3 heteroatoms. The van der Waals surface area contributed by atoms with Crippen molar-refractivity contribution in [3.05, 3.63) is 48.6 Å². The van der Waals surface area contributed by atoms with Gasteiger partial charge in [0, 0.05) is 6.08 Å². The second-order valence-electron chi connectivity index (χ2n) is 5.73. The number of hydrogen-bond acceptors (Lipinski definition) is 2. The van der Waals surface area contributed by atoms with E-state index in [1.54, 1.807) is 0 Å². The summed E-state index contributed by atoms with van der Waals surface area (Å²) in [7, 11) is 0. The van der Waals surface area contributed by atoms with Gasteiger partial charge in [0.25, 0.3) is 0 Å². The van der Waals surface area contributed by atoms with Crippen molar-refractivity contribution in [2.45, 2.75) is 71.6 Å². The molecule has 0 radical (unpaired) electrons. The standard InChI is InChI=1S/C15H24.C6H10O2.H2O/c1-2-3-4-5-6-7-9-12-15-13-10-8-11-14-15;1-3-5-8-6(7)4-2;/h8,10-11,13-14H,2-7,9,12H2,1H3;4H,2-3,5H2,1H3;1H2. The molecule has 138 valence electrons. The van der Waals surface area contributed by atoms with E-state index >= 15 is 0 Å². The van der Waals surface area contributed by atoms with Crippen LogP contribution in [0, 0.1) is 0 Å². The molecule has 0 aliphatic rings. The minimum absolute atomic E-state index is 0. The third kappa shape index (κ3) is 16.8. The van der Waals surface area contributed by atoms with Gasteiger partial charge in [-0.1, -0.05) is 89.3 Å². The average Bonchev–Trinajstić information content (AvgIpc) is 2.60. The lowest BCUT2D eigenvalue weighted by molar-refractivity contribution is -0.137. The normalized spacial score (nSPS) is 9.25. The van der Waals surface area contributed by atoms with Crippen LogP contribution in [0.2, 0.25) is 0 Å². The molecule has 0 aromatic heterocycles. The fraction of sp³-hybridized carbons (Fsp3) is 0.571. The van der Waals surface area contributed by atoms with Gasteiger partial charge >= 0.3 is 5.97 Å². The quantitative estimate of drug-likeness (QED) is 0.313. The van der Waals surface area contributed by atoms with E-state index in [1.165, 1.54) is 56.9 Å². The van der Waals surface area contributed by atoms with Crippen molar-refractivity contribution >= 4 is 5.97 Å². The Hall–Kier alpha value is -1.61. The maximum atomic E-state index is 10.2. The fourth-order valence-electron chi connectivity index (χ4n) is 2.19. The number of ether oxygens (including phenoxy) is 1. The second kappa shape index (κ2) is 19.4. The minimum Gasteiger partial charge on any atom is -0.463 e. The summed E-state index contributed by atoms with van der Waals surface area (Å²) in [6.45, 7) is 7.94. The van der Waals surface area contributed by atoms with Gasteiger partial charge in [0.05, 0.1) is 6.61 Å². The number of hydrogen-bond donors (Lipinski definition) is 0. The van der Waals surface area contributed by atoms with Crippen LogP contribution in [0.25, 0.3) is 0 Å². The van der Waals surface area contributed by atoms with E-state index in [0.717, 1.165) is 12.5 Å². The highest BCUT2D eigenvalue weighted by Crippen LogP contribution is 2.10. The first-order valence-corrected chi connectivity index (χ1v) is 9.07. The van der Waals surface area contributed by atoms with Crippen LogP contribution in [0.3, 0.4) is 0 Å². The summed E-state index contributed by atoms with van der Waals surface area (Å²) < 4.78 is 4.58. The van der Waals surface area contributed by atoms with E-state index < -0.39 is 0 Å². The Labute approximate surface area is 148 Å². The van der Waals surface area contributed by atoms with Crippen molar-refractivity contribution in [3.63, 3.8) is 0 Å². The van der Waals surface area contributed by atoms with Crippen LogP contribution >= 0.6 is 0 Å². The van der Waals surface area contributed by atoms with Crippen LogP contribution < -0.4 is 0 Å². The van der Waals surface area contributed by atoms with Gasteiger partial charge in [0.1, 0.15) is 0 Å². The Balaban J connectivity index is 0. The number of unbranched alkanes of at least 4 members (excludes halogenated alkanes) is 6. The molecule has 0 saturated carbocycles. The van der Waals surface area contributed by atoms with Gasteiger partial charge in [-0.25, -0.2) is 4.79 Å². The zero-order chi connectivity index (χ0) is 17.2. The highest BCUT2D eigenvalue weighted by molar-refractivity contribution is 5.81. The van der Waals surface area contributed by atoms with Crippen LogP contribution in [0.4, 0.5) is 0 Å². The Morgan fingerprint density at radius 3 is 2.08 bits per heavy atom. The number of rotatable bonds is 11. The van der Waals surface area contributed by atoms with Gasteiger partial charge in [-0.15, -0.1) is 0 Å². The smallest absolute Gasteiger partial charge is 0.330 e. The van der Waals surface area contributed by atoms with E-state index in [1.807, 2.05) is 6.92 Å². The van der Waals surface area contributed by atoms with Crippen LogP contribution in [0.1, 0.15) is 70.8 Å². The molecular weight excluding hydrogens is 300 g/mol. The predicted molar refractivity (Wildman–Crippen MR) is 103 cm³/mol. The number of carbonyl (C=O) groups is 1. The summed E-state index contributed by atoms with van der Waals surface area (Å²) >= 11 is 0. The monoisotopic (exact) mass is 336 g/mol. The maximum Gasteiger partial charge on any atom is 0.330 e. The first kappa shape index (κ1) is 24.6. The molecule has 0 unspecified atom stereocenters. The molecule has 0 atom stereocenters. The second-order valence-corrected chi connectivity index (χ2v) is 5.73. The van der Waals surface area contributed by atoms with Gasteiger partial charge in [0.2, 0.25) is 0 Å². The van der Waals surface area contributed by atoms with E-state index in [9.17, 15) is 4.79 Å². The third-order valence-corrected chi connectivity index (χ3v) is 3.53. The van der Waals surface area contributed by atoms with Crippen molar-refractivity contribution in [2.24, 2.45) is 0 Å². The maximum absolute atomic E-state index is 10.2. The van der Waals surface area contributed by atoms with Crippen LogP contribution in [-0.2, 0) is 16.0 Å². The first-order chi connectivity index (χ1) is 11.2. The summed E-state index contributed by atoms with van der Waals surface area (Å²) in [5.41, 5.74) is 1.49. The predicted octanol–water partition coefficient (Wildman–Crippen LogP) is 5.28. The molecule has 0 saturated heterocycles. The van der Waals surface area contributed by atoms with Gasteiger partial charge in [0.15, 0.2) is 0 Å². The van der Waals surface area contributed by atoms with Gasteiger partial charge in [-0.3, -0.25) is 0 Å². The van der Waals surface area contributed by atoms with Gasteiger partial charge in [-0.2, -0.15) is 0 Å². The average molecular weight is 337 g/mol. The molecule has 0 heterocycles. The molecule has 0 spiro atoms. The molecule has 0 fully saturated rings. The van der Waals surface area contributed by atoms with Crippen molar-refractivity contribution in [1.82, 2.24) is 0 Å². The molecule has 1 aromatic rings. The van der Waals surface area contributed by atoms with E-state index in [4.69, 9.17) is 0 Å².